The number of hydrogen-bond acceptors (Lipinski definition) is 3. The molecule has 102 valence electrons. The van der Waals surface area contributed by atoms with Gasteiger partial charge in [-0.25, -0.2) is 4.39 Å². The van der Waals surface area contributed by atoms with Crippen molar-refractivity contribution in [3.8, 4) is 0 Å². The molecule has 0 saturated carbocycles. The van der Waals surface area contributed by atoms with Gasteiger partial charge in [-0.15, -0.1) is 0 Å². The van der Waals surface area contributed by atoms with Gasteiger partial charge in [0.1, 0.15) is 16.5 Å². The first-order valence-electron chi connectivity index (χ1n) is 5.49. The molecular weight excluding hydrogens is 287 g/mol. The van der Waals surface area contributed by atoms with Crippen molar-refractivity contribution in [2.24, 2.45) is 0 Å². The third kappa shape index (κ3) is 2.75. The fourth-order valence-corrected chi connectivity index (χ4v) is 1.88. The topological polar surface area (TPSA) is 72.2 Å². The van der Waals surface area contributed by atoms with Crippen LogP contribution in [0.15, 0.2) is 42.5 Å². The lowest BCUT2D eigenvalue weighted by molar-refractivity contribution is -0.383. The van der Waals surface area contributed by atoms with Crippen LogP contribution in [0.3, 0.4) is 0 Å². The highest BCUT2D eigenvalue weighted by molar-refractivity contribution is 6.33. The van der Waals surface area contributed by atoms with Crippen LogP contribution in [-0.4, -0.2) is 10.8 Å². The molecule has 0 bridgehead atoms. The molecule has 20 heavy (non-hydrogen) atoms. The molecule has 1 N–H and O–H groups in total. The number of amides is 1. The number of halogens is 2. The van der Waals surface area contributed by atoms with Crippen molar-refractivity contribution < 1.29 is 14.1 Å². The van der Waals surface area contributed by atoms with E-state index in [0.717, 1.165) is 6.07 Å². The summed E-state index contributed by atoms with van der Waals surface area (Å²) in [5.41, 5.74) is -0.726. The molecule has 0 heterocycles. The van der Waals surface area contributed by atoms with Crippen molar-refractivity contribution in [2.45, 2.75) is 0 Å². The van der Waals surface area contributed by atoms with E-state index in [2.05, 4.69) is 5.32 Å². The molecule has 0 spiro atoms. The summed E-state index contributed by atoms with van der Waals surface area (Å²) in [5, 5.41) is 13.1. The molecule has 0 aliphatic heterocycles. The molecule has 0 aromatic heterocycles. The van der Waals surface area contributed by atoms with Gasteiger partial charge in [-0.2, -0.15) is 0 Å². The minimum absolute atomic E-state index is 0.0873. The number of nitro groups is 1. The quantitative estimate of drug-likeness (QED) is 0.694. The minimum Gasteiger partial charge on any atom is -0.316 e. The van der Waals surface area contributed by atoms with Crippen molar-refractivity contribution in [1.29, 1.82) is 0 Å². The van der Waals surface area contributed by atoms with Gasteiger partial charge in [-0.3, -0.25) is 14.9 Å². The van der Waals surface area contributed by atoms with E-state index in [1.54, 1.807) is 0 Å². The molecule has 0 aliphatic carbocycles. The minimum atomic E-state index is -0.784. The first kappa shape index (κ1) is 14.0. The van der Waals surface area contributed by atoms with Crippen LogP contribution in [0.2, 0.25) is 5.02 Å². The van der Waals surface area contributed by atoms with Crippen LogP contribution >= 0.6 is 11.6 Å². The van der Waals surface area contributed by atoms with Crippen LogP contribution in [0.25, 0.3) is 0 Å². The Kier molecular flexibility index (Phi) is 3.95. The summed E-state index contributed by atoms with van der Waals surface area (Å²) in [7, 11) is 0. The molecule has 5 nitrogen and oxygen atoms in total. The molecule has 0 radical (unpaired) electrons. The van der Waals surface area contributed by atoms with Crippen LogP contribution in [0.1, 0.15) is 10.4 Å². The van der Waals surface area contributed by atoms with Crippen LogP contribution in [0, 0.1) is 15.9 Å². The molecule has 1 amide bonds. The molecule has 0 unspecified atom stereocenters. The van der Waals surface area contributed by atoms with E-state index in [9.17, 15) is 19.3 Å². The van der Waals surface area contributed by atoms with Gasteiger partial charge in [0.25, 0.3) is 5.91 Å². The van der Waals surface area contributed by atoms with E-state index in [1.165, 1.54) is 36.4 Å². The maximum absolute atomic E-state index is 13.5. The Morgan fingerprint density at radius 3 is 2.55 bits per heavy atom. The molecule has 0 atom stereocenters. The third-order valence-electron chi connectivity index (χ3n) is 2.54. The molecule has 2 aromatic rings. The van der Waals surface area contributed by atoms with E-state index >= 15 is 0 Å². The van der Waals surface area contributed by atoms with Crippen molar-refractivity contribution >= 4 is 28.9 Å². The van der Waals surface area contributed by atoms with E-state index in [4.69, 9.17) is 11.6 Å². The van der Waals surface area contributed by atoms with Crippen LogP contribution in [-0.2, 0) is 0 Å². The number of carbonyl (C=O) groups excluding carboxylic acids is 1. The van der Waals surface area contributed by atoms with Gasteiger partial charge in [-0.05, 0) is 24.3 Å². The lowest BCUT2D eigenvalue weighted by Crippen LogP contribution is -2.14. The molecule has 2 rings (SSSR count). The zero-order chi connectivity index (χ0) is 14.7. The maximum Gasteiger partial charge on any atom is 0.311 e. The average molecular weight is 295 g/mol. The Balaban J connectivity index is 2.36. The second-order valence-electron chi connectivity index (χ2n) is 3.83. The van der Waals surface area contributed by atoms with Gasteiger partial charge >= 0.3 is 5.69 Å². The molecule has 7 heteroatoms. The lowest BCUT2D eigenvalue weighted by atomic mass is 10.2. The van der Waals surface area contributed by atoms with Gasteiger partial charge in [0.15, 0.2) is 0 Å². The third-order valence-corrected chi connectivity index (χ3v) is 2.84. The van der Waals surface area contributed by atoms with Crippen molar-refractivity contribution in [3.05, 3.63) is 69.0 Å². The standard InChI is InChI=1S/C13H8ClFN2O3/c14-9-5-3-7-11(12(9)17(19)20)16-13(18)8-4-1-2-6-10(8)15/h1-7H,(H,16,18). The highest BCUT2D eigenvalue weighted by atomic mass is 35.5. The van der Waals surface area contributed by atoms with Gasteiger partial charge in [0.2, 0.25) is 0 Å². The fourth-order valence-electron chi connectivity index (χ4n) is 1.64. The predicted molar refractivity (Wildman–Crippen MR) is 72.5 cm³/mol. The second kappa shape index (κ2) is 5.66. The first-order chi connectivity index (χ1) is 9.50. The second-order valence-corrected chi connectivity index (χ2v) is 4.23. The van der Waals surface area contributed by atoms with Gasteiger partial charge < -0.3 is 5.32 Å². The van der Waals surface area contributed by atoms with E-state index in [0.29, 0.717) is 0 Å². The summed E-state index contributed by atoms with van der Waals surface area (Å²) in [5.74, 6) is -1.50. The van der Waals surface area contributed by atoms with Crippen LogP contribution < -0.4 is 5.32 Å². The molecular formula is C13H8ClFN2O3. The number of carbonyl (C=O) groups is 1. The zero-order valence-corrected chi connectivity index (χ0v) is 10.7. The fraction of sp³-hybridized carbons (Fsp3) is 0. The number of hydrogen-bond donors (Lipinski definition) is 1. The maximum atomic E-state index is 13.5. The van der Waals surface area contributed by atoms with Crippen molar-refractivity contribution in [1.82, 2.24) is 0 Å². The Morgan fingerprint density at radius 1 is 1.20 bits per heavy atom. The average Bonchev–Trinajstić information content (AvgIpc) is 2.38. The summed E-state index contributed by atoms with van der Waals surface area (Å²) in [6.45, 7) is 0. The molecule has 0 saturated heterocycles. The largest absolute Gasteiger partial charge is 0.316 e. The van der Waals surface area contributed by atoms with Crippen molar-refractivity contribution in [2.75, 3.05) is 5.32 Å². The van der Waals surface area contributed by atoms with E-state index in [1.807, 2.05) is 0 Å². The van der Waals surface area contributed by atoms with E-state index in [-0.39, 0.29) is 16.3 Å². The van der Waals surface area contributed by atoms with Gasteiger partial charge in [0, 0.05) is 0 Å². The van der Waals surface area contributed by atoms with E-state index < -0.39 is 22.3 Å². The summed E-state index contributed by atoms with van der Waals surface area (Å²) in [4.78, 5) is 22.1. The lowest BCUT2D eigenvalue weighted by Gasteiger charge is -2.07. The smallest absolute Gasteiger partial charge is 0.311 e. The van der Waals surface area contributed by atoms with Crippen molar-refractivity contribution in [3.63, 3.8) is 0 Å². The first-order valence-corrected chi connectivity index (χ1v) is 5.87. The Labute approximate surface area is 118 Å². The highest BCUT2D eigenvalue weighted by Gasteiger charge is 2.21. The summed E-state index contributed by atoms with van der Waals surface area (Å²) in [6.07, 6.45) is 0. The summed E-state index contributed by atoms with van der Waals surface area (Å²) < 4.78 is 13.5. The Bertz CT molecular complexity index is 691. The number of nitrogens with one attached hydrogen (secondary N) is 1. The van der Waals surface area contributed by atoms with Gasteiger partial charge in [-0.1, -0.05) is 29.8 Å². The van der Waals surface area contributed by atoms with Crippen LogP contribution in [0.4, 0.5) is 15.8 Å². The number of benzene rings is 2. The highest BCUT2D eigenvalue weighted by Crippen LogP contribution is 2.32. The zero-order valence-electron chi connectivity index (χ0n) is 9.97. The van der Waals surface area contributed by atoms with Gasteiger partial charge in [0.05, 0.1) is 10.5 Å². The summed E-state index contributed by atoms with van der Waals surface area (Å²) >= 11 is 5.72. The molecule has 0 fully saturated rings. The SMILES string of the molecule is O=C(Nc1cccc(Cl)c1[N+](=O)[O-])c1ccccc1F. The number of para-hydroxylation sites is 1. The Morgan fingerprint density at radius 2 is 1.90 bits per heavy atom. The Hall–Kier alpha value is -2.47. The number of nitro benzene ring substituents is 1. The predicted octanol–water partition coefficient (Wildman–Crippen LogP) is 3.64. The summed E-state index contributed by atoms with van der Waals surface area (Å²) in [6, 6.07) is 9.44. The number of nitrogens with zero attached hydrogens (tertiary/aromatic N) is 1. The normalized spacial score (nSPS) is 10.1. The monoisotopic (exact) mass is 294 g/mol. The molecule has 2 aromatic carbocycles. The van der Waals surface area contributed by atoms with Crippen LogP contribution in [0.5, 0.6) is 0 Å². The molecule has 0 aliphatic rings. The number of rotatable bonds is 3. The number of anilines is 1.